The van der Waals surface area contributed by atoms with E-state index in [4.69, 9.17) is 0 Å². The summed E-state index contributed by atoms with van der Waals surface area (Å²) in [5, 5.41) is 0. The van der Waals surface area contributed by atoms with Gasteiger partial charge >= 0.3 is 0 Å². The fraction of sp³-hybridized carbons (Fsp3) is 0.500. The summed E-state index contributed by atoms with van der Waals surface area (Å²) in [6, 6.07) is 5.30. The minimum atomic E-state index is -2.04. The van der Waals surface area contributed by atoms with Crippen molar-refractivity contribution < 1.29 is 14.0 Å². The molecule has 0 spiro atoms. The molecule has 3 heteroatoms. The van der Waals surface area contributed by atoms with Crippen molar-refractivity contribution >= 4 is 11.6 Å². The maximum atomic E-state index is 14.0. The number of carbonyl (C=O) groups is 2. The van der Waals surface area contributed by atoms with Crippen molar-refractivity contribution in [1.29, 1.82) is 0 Å². The molecule has 19 heavy (non-hydrogen) atoms. The Morgan fingerprint density at radius 3 is 2.26 bits per heavy atom. The molecule has 0 bridgehead atoms. The number of carbonyl (C=O) groups excluding carboxylic acids is 2. The van der Waals surface area contributed by atoms with Gasteiger partial charge in [0.05, 0.1) is 0 Å². The van der Waals surface area contributed by atoms with Crippen LogP contribution in [0, 0.1) is 5.92 Å². The van der Waals surface area contributed by atoms with E-state index in [2.05, 4.69) is 0 Å². The van der Waals surface area contributed by atoms with Gasteiger partial charge in [0.25, 0.3) is 0 Å². The van der Waals surface area contributed by atoms with Crippen LogP contribution in [0.4, 0.5) is 4.39 Å². The average Bonchev–Trinajstić information content (AvgIpc) is 2.43. The third-order valence-electron chi connectivity index (χ3n) is 3.32. The molecule has 0 aromatic heterocycles. The number of Topliss-reactive ketones (excluding diaryl/α,β-unsaturated/α-hetero) is 2. The number of halogens is 1. The van der Waals surface area contributed by atoms with Crippen LogP contribution in [0.3, 0.4) is 0 Å². The van der Waals surface area contributed by atoms with E-state index in [1.54, 1.807) is 26.0 Å². The predicted octanol–water partition coefficient (Wildman–Crippen LogP) is 3.56. The first-order valence-electron chi connectivity index (χ1n) is 6.76. The number of aryl methyl sites for hydroxylation is 1. The van der Waals surface area contributed by atoms with Gasteiger partial charge in [-0.25, -0.2) is 4.39 Å². The summed E-state index contributed by atoms with van der Waals surface area (Å²) < 4.78 is 14.0. The lowest BCUT2D eigenvalue weighted by molar-refractivity contribution is -0.125. The summed E-state index contributed by atoms with van der Waals surface area (Å²) in [6.45, 7) is 7.13. The van der Waals surface area contributed by atoms with E-state index in [9.17, 15) is 14.0 Å². The van der Waals surface area contributed by atoms with Crippen molar-refractivity contribution in [1.82, 2.24) is 0 Å². The van der Waals surface area contributed by atoms with Gasteiger partial charge in [-0.05, 0) is 24.0 Å². The second-order valence-electron chi connectivity index (χ2n) is 4.93. The number of hydrogen-bond acceptors (Lipinski definition) is 2. The first-order valence-corrected chi connectivity index (χ1v) is 6.76. The zero-order valence-electron chi connectivity index (χ0n) is 12.0. The quantitative estimate of drug-likeness (QED) is 0.581. The zero-order chi connectivity index (χ0) is 14.6. The Hall–Kier alpha value is -1.51. The highest BCUT2D eigenvalue weighted by atomic mass is 19.1. The molecule has 1 rings (SSSR count). The highest BCUT2D eigenvalue weighted by molar-refractivity contribution is 6.14. The van der Waals surface area contributed by atoms with Gasteiger partial charge < -0.3 is 0 Å². The van der Waals surface area contributed by atoms with Crippen LogP contribution in [0.15, 0.2) is 18.2 Å². The van der Waals surface area contributed by atoms with Gasteiger partial charge in [0, 0.05) is 11.5 Å². The fourth-order valence-electron chi connectivity index (χ4n) is 2.17. The van der Waals surface area contributed by atoms with E-state index in [0.717, 1.165) is 17.5 Å². The molecule has 0 heterocycles. The summed E-state index contributed by atoms with van der Waals surface area (Å²) in [5.74, 6) is -1.82. The topological polar surface area (TPSA) is 34.1 Å². The van der Waals surface area contributed by atoms with Crippen LogP contribution >= 0.6 is 0 Å². The van der Waals surface area contributed by atoms with Crippen LogP contribution in [-0.4, -0.2) is 17.7 Å². The lowest BCUT2D eigenvalue weighted by atomic mass is 9.91. The van der Waals surface area contributed by atoms with Crippen molar-refractivity contribution in [2.45, 2.75) is 46.7 Å². The predicted molar refractivity (Wildman–Crippen MR) is 74.3 cm³/mol. The van der Waals surface area contributed by atoms with Crippen LogP contribution in [0.1, 0.15) is 49.2 Å². The Kier molecular flexibility index (Phi) is 5.40. The molecule has 0 saturated heterocycles. The van der Waals surface area contributed by atoms with E-state index < -0.39 is 23.7 Å². The molecule has 2 nitrogen and oxygen atoms in total. The van der Waals surface area contributed by atoms with Gasteiger partial charge in [0.2, 0.25) is 12.0 Å². The molecule has 0 N–H and O–H groups in total. The Morgan fingerprint density at radius 2 is 1.79 bits per heavy atom. The lowest BCUT2D eigenvalue weighted by Gasteiger charge is -2.14. The van der Waals surface area contributed by atoms with Crippen LogP contribution in [0.2, 0.25) is 0 Å². The van der Waals surface area contributed by atoms with Gasteiger partial charge in [-0.1, -0.05) is 45.9 Å². The third kappa shape index (κ3) is 3.28. The van der Waals surface area contributed by atoms with E-state index in [-0.39, 0.29) is 0 Å². The van der Waals surface area contributed by atoms with Crippen molar-refractivity contribution in [3.8, 4) is 0 Å². The molecule has 1 aromatic rings. The van der Waals surface area contributed by atoms with Crippen LogP contribution in [0.25, 0.3) is 0 Å². The molecule has 0 aliphatic heterocycles. The van der Waals surface area contributed by atoms with Gasteiger partial charge in [0.1, 0.15) is 0 Å². The summed E-state index contributed by atoms with van der Waals surface area (Å²) in [7, 11) is 0. The highest BCUT2D eigenvalue weighted by Crippen LogP contribution is 2.20. The third-order valence-corrected chi connectivity index (χ3v) is 3.32. The van der Waals surface area contributed by atoms with Crippen LogP contribution in [-0.2, 0) is 17.6 Å². The van der Waals surface area contributed by atoms with E-state index in [1.807, 2.05) is 19.9 Å². The van der Waals surface area contributed by atoms with Gasteiger partial charge in [-0.3, -0.25) is 9.59 Å². The second kappa shape index (κ2) is 6.60. The summed E-state index contributed by atoms with van der Waals surface area (Å²) >= 11 is 0. The second-order valence-corrected chi connectivity index (χ2v) is 4.93. The monoisotopic (exact) mass is 264 g/mol. The first kappa shape index (κ1) is 15.5. The zero-order valence-corrected chi connectivity index (χ0v) is 12.0. The number of alkyl halides is 1. The molecule has 0 aliphatic carbocycles. The van der Waals surface area contributed by atoms with Crippen LogP contribution in [0.5, 0.6) is 0 Å². The summed E-state index contributed by atoms with van der Waals surface area (Å²) in [5.41, 5.74) is 2.25. The van der Waals surface area contributed by atoms with E-state index >= 15 is 0 Å². The Balaban J connectivity index is 3.16. The molecule has 0 radical (unpaired) electrons. The molecule has 0 fully saturated rings. The van der Waals surface area contributed by atoms with E-state index in [0.29, 0.717) is 12.0 Å². The number of ketones is 2. The summed E-state index contributed by atoms with van der Waals surface area (Å²) in [4.78, 5) is 23.8. The van der Waals surface area contributed by atoms with Gasteiger partial charge in [-0.2, -0.15) is 0 Å². The maximum absolute atomic E-state index is 14.0. The first-order chi connectivity index (χ1) is 8.93. The minimum Gasteiger partial charge on any atom is -0.296 e. The molecule has 104 valence electrons. The Bertz CT molecular complexity index is 478. The van der Waals surface area contributed by atoms with Crippen LogP contribution < -0.4 is 0 Å². The minimum absolute atomic E-state index is 0.350. The number of benzene rings is 1. The molecular formula is C16H21FO2. The standard InChI is InChI=1S/C16H21FO2/c1-5-11-8-7-9-13(12(11)6-2)16(19)14(17)15(18)10(3)4/h7-10,14H,5-6H2,1-4H3. The summed E-state index contributed by atoms with van der Waals surface area (Å²) in [6.07, 6.45) is -0.593. The average molecular weight is 264 g/mol. The number of rotatable bonds is 6. The van der Waals surface area contributed by atoms with Crippen molar-refractivity contribution in [2.75, 3.05) is 0 Å². The lowest BCUT2D eigenvalue weighted by Crippen LogP contribution is -2.30. The molecule has 1 atom stereocenters. The largest absolute Gasteiger partial charge is 0.296 e. The molecule has 0 aliphatic rings. The Labute approximate surface area is 114 Å². The van der Waals surface area contributed by atoms with Crippen molar-refractivity contribution in [2.24, 2.45) is 5.92 Å². The highest BCUT2D eigenvalue weighted by Gasteiger charge is 2.30. The number of hydrogen-bond donors (Lipinski definition) is 0. The van der Waals surface area contributed by atoms with Crippen molar-refractivity contribution in [3.05, 3.63) is 34.9 Å². The van der Waals surface area contributed by atoms with Gasteiger partial charge in [0.15, 0.2) is 5.78 Å². The molecule has 0 saturated carbocycles. The molecular weight excluding hydrogens is 243 g/mol. The normalized spacial score (nSPS) is 12.5. The SMILES string of the molecule is CCc1cccc(C(=O)C(F)C(=O)C(C)C)c1CC. The van der Waals surface area contributed by atoms with Gasteiger partial charge in [-0.15, -0.1) is 0 Å². The maximum Gasteiger partial charge on any atom is 0.221 e. The van der Waals surface area contributed by atoms with Crippen molar-refractivity contribution in [3.63, 3.8) is 0 Å². The molecule has 1 unspecified atom stereocenters. The molecule has 1 aromatic carbocycles. The van der Waals surface area contributed by atoms with E-state index in [1.165, 1.54) is 0 Å². The Morgan fingerprint density at radius 1 is 1.16 bits per heavy atom. The molecule has 0 amide bonds. The fourth-order valence-corrected chi connectivity index (χ4v) is 2.17. The smallest absolute Gasteiger partial charge is 0.221 e.